The summed E-state index contributed by atoms with van der Waals surface area (Å²) < 4.78 is 2.24. The second kappa shape index (κ2) is 9.26. The number of rotatable bonds is 8. The summed E-state index contributed by atoms with van der Waals surface area (Å²) in [4.78, 5) is 19.0. The number of aryl methyl sites for hydroxylation is 2. The van der Waals surface area contributed by atoms with E-state index in [1.165, 1.54) is 23.0 Å². The third-order valence-electron chi connectivity index (χ3n) is 4.57. The predicted octanol–water partition coefficient (Wildman–Crippen LogP) is 4.47. The number of benzene rings is 1. The molecule has 26 heavy (non-hydrogen) atoms. The van der Waals surface area contributed by atoms with Crippen molar-refractivity contribution in [3.63, 3.8) is 0 Å². The number of aromatic nitrogens is 2. The average Bonchev–Trinajstić information content (AvgIpc) is 2.87. The average molecular weight is 374 g/mol. The molecule has 5 heteroatoms. The van der Waals surface area contributed by atoms with E-state index in [0.29, 0.717) is 18.2 Å². The van der Waals surface area contributed by atoms with Crippen molar-refractivity contribution < 1.29 is 4.79 Å². The van der Waals surface area contributed by atoms with Gasteiger partial charge in [0.2, 0.25) is 5.91 Å². The SMILES string of the molecule is CCc1ccc(CN(C)C(=O)CSc2nc(C)c(C)n2CC(C)C)cc1. The number of carbonyl (C=O) groups excluding carboxylic acids is 1. The lowest BCUT2D eigenvalue weighted by atomic mass is 10.1. The first-order chi connectivity index (χ1) is 12.3. The van der Waals surface area contributed by atoms with E-state index in [9.17, 15) is 4.79 Å². The lowest BCUT2D eigenvalue weighted by Gasteiger charge is -2.18. The molecule has 0 aliphatic heterocycles. The summed E-state index contributed by atoms with van der Waals surface area (Å²) in [7, 11) is 1.87. The van der Waals surface area contributed by atoms with Gasteiger partial charge in [0.25, 0.3) is 0 Å². The summed E-state index contributed by atoms with van der Waals surface area (Å²) in [6.07, 6.45) is 1.04. The van der Waals surface area contributed by atoms with Gasteiger partial charge in [0.05, 0.1) is 11.4 Å². The molecular formula is C21H31N3OS. The van der Waals surface area contributed by atoms with Crippen LogP contribution in [0.25, 0.3) is 0 Å². The summed E-state index contributed by atoms with van der Waals surface area (Å²) in [5.74, 6) is 1.09. The highest BCUT2D eigenvalue weighted by Gasteiger charge is 2.16. The Kier molecular flexibility index (Phi) is 7.33. The molecule has 1 amide bonds. The van der Waals surface area contributed by atoms with Crippen LogP contribution in [0.15, 0.2) is 29.4 Å². The highest BCUT2D eigenvalue weighted by molar-refractivity contribution is 7.99. The second-order valence-electron chi connectivity index (χ2n) is 7.28. The number of hydrogen-bond donors (Lipinski definition) is 0. The van der Waals surface area contributed by atoms with E-state index < -0.39 is 0 Å². The minimum Gasteiger partial charge on any atom is -0.341 e. The van der Waals surface area contributed by atoms with Gasteiger partial charge in [-0.2, -0.15) is 0 Å². The molecule has 4 nitrogen and oxygen atoms in total. The maximum atomic E-state index is 12.5. The molecule has 0 aliphatic carbocycles. The third-order valence-corrected chi connectivity index (χ3v) is 5.53. The summed E-state index contributed by atoms with van der Waals surface area (Å²) >= 11 is 1.54. The predicted molar refractivity (Wildman–Crippen MR) is 110 cm³/mol. The van der Waals surface area contributed by atoms with E-state index in [1.807, 2.05) is 14.0 Å². The van der Waals surface area contributed by atoms with Crippen molar-refractivity contribution in [2.24, 2.45) is 5.92 Å². The van der Waals surface area contributed by atoms with Gasteiger partial charge in [0.1, 0.15) is 0 Å². The Morgan fingerprint density at radius 1 is 1.19 bits per heavy atom. The highest BCUT2D eigenvalue weighted by Crippen LogP contribution is 2.23. The normalized spacial score (nSPS) is 11.2. The molecule has 0 N–H and O–H groups in total. The quantitative estimate of drug-likeness (QED) is 0.641. The highest BCUT2D eigenvalue weighted by atomic mass is 32.2. The van der Waals surface area contributed by atoms with Crippen LogP contribution in [0.2, 0.25) is 0 Å². The van der Waals surface area contributed by atoms with Gasteiger partial charge < -0.3 is 9.47 Å². The number of thioether (sulfide) groups is 1. The first-order valence-electron chi connectivity index (χ1n) is 9.30. The zero-order chi connectivity index (χ0) is 19.3. The van der Waals surface area contributed by atoms with Crippen LogP contribution in [-0.4, -0.2) is 33.2 Å². The smallest absolute Gasteiger partial charge is 0.233 e. The lowest BCUT2D eigenvalue weighted by molar-refractivity contribution is -0.127. The Morgan fingerprint density at radius 3 is 2.38 bits per heavy atom. The molecule has 0 aliphatic rings. The van der Waals surface area contributed by atoms with Crippen molar-refractivity contribution in [1.29, 1.82) is 0 Å². The van der Waals surface area contributed by atoms with Crippen molar-refractivity contribution in [2.75, 3.05) is 12.8 Å². The molecular weight excluding hydrogens is 342 g/mol. The van der Waals surface area contributed by atoms with Gasteiger partial charge in [-0.15, -0.1) is 0 Å². The Balaban J connectivity index is 1.96. The van der Waals surface area contributed by atoms with Crippen molar-refractivity contribution in [3.8, 4) is 0 Å². The summed E-state index contributed by atoms with van der Waals surface area (Å²) in [5.41, 5.74) is 4.72. The molecule has 1 aromatic carbocycles. The van der Waals surface area contributed by atoms with E-state index in [-0.39, 0.29) is 5.91 Å². The molecule has 1 aromatic heterocycles. The minimum absolute atomic E-state index is 0.129. The third kappa shape index (κ3) is 5.37. The fourth-order valence-corrected chi connectivity index (χ4v) is 3.83. The van der Waals surface area contributed by atoms with Gasteiger partial charge in [-0.3, -0.25) is 4.79 Å². The molecule has 0 saturated carbocycles. The van der Waals surface area contributed by atoms with Gasteiger partial charge in [0.15, 0.2) is 5.16 Å². The van der Waals surface area contributed by atoms with Crippen molar-refractivity contribution in [2.45, 2.75) is 59.3 Å². The second-order valence-corrected chi connectivity index (χ2v) is 8.22. The van der Waals surface area contributed by atoms with Crippen LogP contribution < -0.4 is 0 Å². The van der Waals surface area contributed by atoms with Crippen LogP contribution in [0.3, 0.4) is 0 Å². The van der Waals surface area contributed by atoms with Gasteiger partial charge in [-0.25, -0.2) is 4.98 Å². The first kappa shape index (κ1) is 20.6. The zero-order valence-corrected chi connectivity index (χ0v) is 17.7. The van der Waals surface area contributed by atoms with Gasteiger partial charge >= 0.3 is 0 Å². The van der Waals surface area contributed by atoms with Gasteiger partial charge in [-0.05, 0) is 37.3 Å². The van der Waals surface area contributed by atoms with E-state index in [2.05, 4.69) is 61.5 Å². The molecule has 0 bridgehead atoms. The number of carbonyl (C=O) groups is 1. The number of hydrogen-bond acceptors (Lipinski definition) is 3. The molecule has 1 heterocycles. The van der Waals surface area contributed by atoms with Crippen LogP contribution in [0, 0.1) is 19.8 Å². The van der Waals surface area contributed by atoms with Crippen LogP contribution in [0.1, 0.15) is 43.3 Å². The molecule has 0 radical (unpaired) electrons. The molecule has 2 rings (SSSR count). The van der Waals surface area contributed by atoms with Crippen LogP contribution in [0.4, 0.5) is 0 Å². The molecule has 142 valence electrons. The Labute approximate surface area is 162 Å². The lowest BCUT2D eigenvalue weighted by Crippen LogP contribution is -2.28. The Hall–Kier alpha value is -1.75. The summed E-state index contributed by atoms with van der Waals surface area (Å²) in [6, 6.07) is 8.49. The van der Waals surface area contributed by atoms with Gasteiger partial charge in [-0.1, -0.05) is 56.8 Å². The monoisotopic (exact) mass is 373 g/mol. The van der Waals surface area contributed by atoms with Crippen LogP contribution in [0.5, 0.6) is 0 Å². The standard InChI is InChI=1S/C21H31N3OS/c1-7-18-8-10-19(11-9-18)13-23(6)20(25)14-26-21-22-16(4)17(5)24(21)12-15(2)3/h8-11,15H,7,12-14H2,1-6H3. The number of imidazole rings is 1. The minimum atomic E-state index is 0.129. The number of amides is 1. The summed E-state index contributed by atoms with van der Waals surface area (Å²) in [5, 5.41) is 0.947. The van der Waals surface area contributed by atoms with Crippen LogP contribution >= 0.6 is 11.8 Å². The van der Waals surface area contributed by atoms with E-state index >= 15 is 0 Å². The van der Waals surface area contributed by atoms with Gasteiger partial charge in [0, 0.05) is 25.8 Å². The largest absolute Gasteiger partial charge is 0.341 e. The van der Waals surface area contributed by atoms with E-state index in [0.717, 1.165) is 29.4 Å². The topological polar surface area (TPSA) is 38.1 Å². The maximum absolute atomic E-state index is 12.5. The van der Waals surface area contributed by atoms with Crippen LogP contribution in [-0.2, 0) is 24.3 Å². The molecule has 2 aromatic rings. The first-order valence-corrected chi connectivity index (χ1v) is 10.3. The molecule has 0 saturated heterocycles. The van der Waals surface area contributed by atoms with Crippen molar-refractivity contribution in [1.82, 2.24) is 14.5 Å². The van der Waals surface area contributed by atoms with E-state index in [4.69, 9.17) is 0 Å². The Bertz CT molecular complexity index is 734. The maximum Gasteiger partial charge on any atom is 0.233 e. The fourth-order valence-electron chi connectivity index (χ4n) is 2.79. The van der Waals surface area contributed by atoms with Crippen molar-refractivity contribution in [3.05, 3.63) is 46.8 Å². The van der Waals surface area contributed by atoms with Crippen molar-refractivity contribution >= 4 is 17.7 Å². The van der Waals surface area contributed by atoms with E-state index in [1.54, 1.807) is 4.90 Å². The zero-order valence-electron chi connectivity index (χ0n) is 16.9. The molecule has 0 atom stereocenters. The number of nitrogens with zero attached hydrogens (tertiary/aromatic N) is 3. The Morgan fingerprint density at radius 2 is 1.81 bits per heavy atom. The molecule has 0 unspecified atom stereocenters. The molecule has 0 spiro atoms. The summed E-state index contributed by atoms with van der Waals surface area (Å²) in [6.45, 7) is 12.3. The fraction of sp³-hybridized carbons (Fsp3) is 0.524. The molecule has 0 fully saturated rings.